The van der Waals surface area contributed by atoms with E-state index in [2.05, 4.69) is 0 Å². The lowest BCUT2D eigenvalue weighted by atomic mass is 9.72. The summed E-state index contributed by atoms with van der Waals surface area (Å²) in [6.45, 7) is 7.54. The number of hydrogen-bond donors (Lipinski definition) is 1. The molecule has 0 amide bonds. The number of ether oxygens (including phenoxy) is 3. The SMILES string of the molecule is CC[C@H]1O[C@H](OC)[C@](C)(/C=C/C=C/C=C/C=C/c2oc(=O)cc(OC)c2C)[C@]1(C)O. The molecule has 0 spiro atoms. The molecule has 1 fully saturated rings. The van der Waals surface area contributed by atoms with Crippen molar-refractivity contribution in [2.24, 2.45) is 5.41 Å². The molecule has 164 valence electrons. The fraction of sp³-hybridized carbons (Fsp3) is 0.458. The second-order valence-corrected chi connectivity index (χ2v) is 7.64. The molecule has 1 aliphatic heterocycles. The highest BCUT2D eigenvalue weighted by atomic mass is 16.7. The molecule has 6 nitrogen and oxygen atoms in total. The standard InChI is InChI=1S/C24H32O6/c1-7-20-24(4,26)23(3,22(28-6)30-20)15-13-11-9-8-10-12-14-18-17(2)19(27-5)16-21(25)29-18/h8-16,20,22,26H,7H2,1-6H3/b10-8+,11-9+,14-12+,15-13+/t20-,22+,23+,24-/m1/s1. The third-order valence-corrected chi connectivity index (χ3v) is 5.74. The van der Waals surface area contributed by atoms with Gasteiger partial charge in [0.25, 0.3) is 0 Å². The lowest BCUT2D eigenvalue weighted by Gasteiger charge is -2.37. The number of aliphatic hydroxyl groups is 1. The van der Waals surface area contributed by atoms with Gasteiger partial charge in [-0.15, -0.1) is 0 Å². The number of methoxy groups -OCH3 is 2. The van der Waals surface area contributed by atoms with Gasteiger partial charge in [0.05, 0.1) is 24.7 Å². The molecule has 1 aromatic heterocycles. The molecule has 0 bridgehead atoms. The lowest BCUT2D eigenvalue weighted by Crippen LogP contribution is -2.48. The minimum atomic E-state index is -1.04. The molecule has 2 heterocycles. The van der Waals surface area contributed by atoms with Crippen LogP contribution < -0.4 is 10.4 Å². The zero-order valence-electron chi connectivity index (χ0n) is 18.5. The fourth-order valence-corrected chi connectivity index (χ4v) is 3.63. The van der Waals surface area contributed by atoms with Gasteiger partial charge in [-0.3, -0.25) is 0 Å². The average Bonchev–Trinajstić information content (AvgIpc) is 2.91. The number of rotatable bonds is 8. The van der Waals surface area contributed by atoms with Crippen molar-refractivity contribution in [2.75, 3.05) is 14.2 Å². The summed E-state index contributed by atoms with van der Waals surface area (Å²) in [5, 5.41) is 11.0. The summed E-state index contributed by atoms with van der Waals surface area (Å²) in [7, 11) is 3.10. The first-order valence-electron chi connectivity index (χ1n) is 9.99. The van der Waals surface area contributed by atoms with Gasteiger partial charge in [-0.05, 0) is 33.3 Å². The van der Waals surface area contributed by atoms with Crippen molar-refractivity contribution in [3.63, 3.8) is 0 Å². The maximum Gasteiger partial charge on any atom is 0.339 e. The first-order chi connectivity index (χ1) is 14.2. The molecular formula is C24H32O6. The Kier molecular flexibility index (Phi) is 8.01. The van der Waals surface area contributed by atoms with Crippen molar-refractivity contribution in [3.8, 4) is 5.75 Å². The molecule has 0 radical (unpaired) electrons. The van der Waals surface area contributed by atoms with E-state index in [0.29, 0.717) is 17.9 Å². The van der Waals surface area contributed by atoms with E-state index in [0.717, 1.165) is 5.56 Å². The molecule has 1 aliphatic rings. The minimum absolute atomic E-state index is 0.286. The Bertz CT molecular complexity index is 889. The van der Waals surface area contributed by atoms with Crippen molar-refractivity contribution < 1.29 is 23.7 Å². The Morgan fingerprint density at radius 3 is 2.37 bits per heavy atom. The molecule has 2 rings (SSSR count). The van der Waals surface area contributed by atoms with Crippen LogP contribution >= 0.6 is 0 Å². The summed E-state index contributed by atoms with van der Waals surface area (Å²) < 4.78 is 21.7. The summed E-state index contributed by atoms with van der Waals surface area (Å²) in [5.41, 5.74) is -1.40. The quantitative estimate of drug-likeness (QED) is 0.641. The largest absolute Gasteiger partial charge is 0.496 e. The van der Waals surface area contributed by atoms with E-state index in [9.17, 15) is 9.90 Å². The van der Waals surface area contributed by atoms with Gasteiger partial charge >= 0.3 is 5.63 Å². The molecule has 1 saturated heterocycles. The predicted octanol–water partition coefficient (Wildman–Crippen LogP) is 4.18. The van der Waals surface area contributed by atoms with Crippen molar-refractivity contribution in [2.45, 2.75) is 52.1 Å². The van der Waals surface area contributed by atoms with Crippen LogP contribution in [-0.4, -0.2) is 37.3 Å². The van der Waals surface area contributed by atoms with E-state index in [1.165, 1.54) is 13.2 Å². The smallest absolute Gasteiger partial charge is 0.339 e. The van der Waals surface area contributed by atoms with Crippen LogP contribution in [0.3, 0.4) is 0 Å². The van der Waals surface area contributed by atoms with Crippen LogP contribution in [-0.2, 0) is 9.47 Å². The molecule has 6 heteroatoms. The second kappa shape index (κ2) is 10.1. The van der Waals surface area contributed by atoms with E-state index >= 15 is 0 Å². The first kappa shape index (κ1) is 23.9. The Morgan fingerprint density at radius 2 is 1.77 bits per heavy atom. The van der Waals surface area contributed by atoms with Crippen LogP contribution in [0.25, 0.3) is 6.08 Å². The summed E-state index contributed by atoms with van der Waals surface area (Å²) >= 11 is 0. The molecule has 1 N–H and O–H groups in total. The molecule has 30 heavy (non-hydrogen) atoms. The lowest BCUT2D eigenvalue weighted by molar-refractivity contribution is -0.143. The average molecular weight is 417 g/mol. The molecule has 0 saturated carbocycles. The highest BCUT2D eigenvalue weighted by Crippen LogP contribution is 2.48. The van der Waals surface area contributed by atoms with Crippen molar-refractivity contribution >= 4 is 6.08 Å². The summed E-state index contributed by atoms with van der Waals surface area (Å²) in [6.07, 6.45) is 14.6. The van der Waals surface area contributed by atoms with Gasteiger partial charge in [0, 0.05) is 12.7 Å². The number of hydrogen-bond acceptors (Lipinski definition) is 6. The maximum absolute atomic E-state index is 11.5. The van der Waals surface area contributed by atoms with Crippen LogP contribution in [0.5, 0.6) is 5.75 Å². The van der Waals surface area contributed by atoms with E-state index < -0.39 is 22.9 Å². The van der Waals surface area contributed by atoms with E-state index in [1.54, 1.807) is 26.2 Å². The summed E-state index contributed by atoms with van der Waals surface area (Å²) in [5.74, 6) is 0.959. The van der Waals surface area contributed by atoms with Crippen LogP contribution in [0.2, 0.25) is 0 Å². The van der Waals surface area contributed by atoms with Gasteiger partial charge in [-0.2, -0.15) is 0 Å². The molecule has 4 atom stereocenters. The first-order valence-corrected chi connectivity index (χ1v) is 9.99. The zero-order valence-corrected chi connectivity index (χ0v) is 18.5. The van der Waals surface area contributed by atoms with E-state index in [1.807, 2.05) is 57.2 Å². The summed E-state index contributed by atoms with van der Waals surface area (Å²) in [4.78, 5) is 11.5. The van der Waals surface area contributed by atoms with Gasteiger partial charge < -0.3 is 23.7 Å². The van der Waals surface area contributed by atoms with Crippen LogP contribution in [0, 0.1) is 12.3 Å². The third kappa shape index (κ3) is 4.83. The highest BCUT2D eigenvalue weighted by Gasteiger charge is 2.59. The minimum Gasteiger partial charge on any atom is -0.496 e. The van der Waals surface area contributed by atoms with Crippen molar-refractivity contribution in [1.29, 1.82) is 0 Å². The molecule has 0 aromatic carbocycles. The molecule has 0 unspecified atom stereocenters. The highest BCUT2D eigenvalue weighted by molar-refractivity contribution is 5.52. The zero-order chi connectivity index (χ0) is 22.4. The van der Waals surface area contributed by atoms with E-state index in [-0.39, 0.29) is 6.10 Å². The van der Waals surface area contributed by atoms with Crippen LogP contribution in [0.15, 0.2) is 57.8 Å². The van der Waals surface area contributed by atoms with Gasteiger partial charge in [-0.1, -0.05) is 49.5 Å². The monoisotopic (exact) mass is 416 g/mol. The third-order valence-electron chi connectivity index (χ3n) is 5.74. The Hall–Kier alpha value is -2.41. The van der Waals surface area contributed by atoms with Crippen LogP contribution in [0.1, 0.15) is 38.5 Å². The second-order valence-electron chi connectivity index (χ2n) is 7.64. The summed E-state index contributed by atoms with van der Waals surface area (Å²) in [6, 6.07) is 1.32. The Morgan fingerprint density at radius 1 is 1.13 bits per heavy atom. The van der Waals surface area contributed by atoms with Gasteiger partial charge in [0.1, 0.15) is 17.1 Å². The topological polar surface area (TPSA) is 78.1 Å². The molecule has 1 aromatic rings. The maximum atomic E-state index is 11.5. The van der Waals surface area contributed by atoms with Crippen molar-refractivity contribution in [1.82, 2.24) is 0 Å². The van der Waals surface area contributed by atoms with Gasteiger partial charge in [0.15, 0.2) is 6.29 Å². The van der Waals surface area contributed by atoms with E-state index in [4.69, 9.17) is 18.6 Å². The molecule has 0 aliphatic carbocycles. The Balaban J connectivity index is 2.03. The van der Waals surface area contributed by atoms with Gasteiger partial charge in [-0.25, -0.2) is 4.79 Å². The predicted molar refractivity (Wildman–Crippen MR) is 117 cm³/mol. The van der Waals surface area contributed by atoms with Gasteiger partial charge in [0.2, 0.25) is 0 Å². The Labute approximate surface area is 178 Å². The normalized spacial score (nSPS) is 29.8. The van der Waals surface area contributed by atoms with Crippen molar-refractivity contribution in [3.05, 3.63) is 70.3 Å². The number of allylic oxidation sites excluding steroid dienone is 6. The molecular weight excluding hydrogens is 384 g/mol. The fourth-order valence-electron chi connectivity index (χ4n) is 3.63. The van der Waals surface area contributed by atoms with Crippen LogP contribution in [0.4, 0.5) is 0 Å².